The molecule has 7 heteroatoms. The number of carbonyl (C=O) groups excluding carboxylic acids is 1. The molecule has 0 aromatic heterocycles. The van der Waals surface area contributed by atoms with Crippen molar-refractivity contribution in [1.29, 1.82) is 0 Å². The molecule has 0 atom stereocenters. The quantitative estimate of drug-likeness (QED) is 0.323. The summed E-state index contributed by atoms with van der Waals surface area (Å²) in [4.78, 5) is 12.8. The van der Waals surface area contributed by atoms with Gasteiger partial charge in [-0.25, -0.2) is 8.42 Å². The predicted molar refractivity (Wildman–Crippen MR) is 142 cm³/mol. The Balaban J connectivity index is 1.39. The monoisotopic (exact) mass is 500 g/mol. The molecule has 0 radical (unpaired) electrons. The van der Waals surface area contributed by atoms with Crippen molar-refractivity contribution in [2.75, 3.05) is 11.3 Å². The lowest BCUT2D eigenvalue weighted by atomic mass is 9.99. The van der Waals surface area contributed by atoms with Crippen LogP contribution in [0.2, 0.25) is 0 Å². The number of sulfonamides is 1. The summed E-state index contributed by atoms with van der Waals surface area (Å²) in [6.45, 7) is 3.69. The number of hydrogen-bond acceptors (Lipinski definition) is 4. The maximum Gasteiger partial charge on any atom is 0.261 e. The molecular weight excluding hydrogens is 472 g/mol. The fourth-order valence-corrected chi connectivity index (χ4v) is 4.79. The van der Waals surface area contributed by atoms with E-state index in [0.29, 0.717) is 11.4 Å². The molecule has 1 amide bonds. The van der Waals surface area contributed by atoms with Crippen LogP contribution in [0.4, 0.5) is 5.69 Å². The lowest BCUT2D eigenvalue weighted by Crippen LogP contribution is -2.33. The van der Waals surface area contributed by atoms with Crippen LogP contribution < -0.4 is 14.8 Å². The standard InChI is InChI=1S/C29H28N2O4S/c1-21-13-14-25(19-22(21)2)31-36(33,34)27-17-15-26(16-18-27)35-20-28(32)30-29(23-9-5-3-6-10-23)24-11-7-4-8-12-24/h3-19,29,31H,20H2,1-2H3,(H,30,32). The second-order valence-corrected chi connectivity index (χ2v) is 10.2. The van der Waals surface area contributed by atoms with Gasteiger partial charge in [0.2, 0.25) is 0 Å². The number of rotatable bonds is 9. The summed E-state index contributed by atoms with van der Waals surface area (Å²) in [6.07, 6.45) is 0. The number of amides is 1. The molecule has 0 saturated heterocycles. The van der Waals surface area contributed by atoms with E-state index in [-0.39, 0.29) is 23.5 Å². The van der Waals surface area contributed by atoms with Crippen molar-refractivity contribution in [1.82, 2.24) is 5.32 Å². The molecular formula is C29H28N2O4S. The molecule has 0 fully saturated rings. The third kappa shape index (κ3) is 6.31. The highest BCUT2D eigenvalue weighted by molar-refractivity contribution is 7.92. The van der Waals surface area contributed by atoms with E-state index in [1.807, 2.05) is 80.6 Å². The minimum atomic E-state index is -3.75. The predicted octanol–water partition coefficient (Wildman–Crippen LogP) is 5.39. The molecule has 0 aliphatic rings. The van der Waals surface area contributed by atoms with Gasteiger partial charge in [0.1, 0.15) is 5.75 Å². The number of anilines is 1. The second kappa shape index (κ2) is 11.1. The Labute approximate surface area is 212 Å². The Bertz CT molecular complexity index is 1380. The third-order valence-corrected chi connectivity index (χ3v) is 7.23. The zero-order valence-corrected chi connectivity index (χ0v) is 21.0. The van der Waals surface area contributed by atoms with Crippen LogP contribution in [-0.4, -0.2) is 20.9 Å². The summed E-state index contributed by atoms with van der Waals surface area (Å²) in [5.41, 5.74) is 4.51. The largest absolute Gasteiger partial charge is 0.484 e. The maximum atomic E-state index is 12.7. The average molecular weight is 501 g/mol. The van der Waals surface area contributed by atoms with Gasteiger partial charge in [0, 0.05) is 5.69 Å². The van der Waals surface area contributed by atoms with E-state index in [4.69, 9.17) is 4.74 Å². The zero-order valence-electron chi connectivity index (χ0n) is 20.1. The smallest absolute Gasteiger partial charge is 0.261 e. The van der Waals surface area contributed by atoms with Gasteiger partial charge in [-0.05, 0) is 72.5 Å². The Morgan fingerprint density at radius 1 is 0.778 bits per heavy atom. The molecule has 4 rings (SSSR count). The van der Waals surface area contributed by atoms with Gasteiger partial charge in [0.05, 0.1) is 10.9 Å². The van der Waals surface area contributed by atoms with E-state index < -0.39 is 10.0 Å². The van der Waals surface area contributed by atoms with Crippen molar-refractivity contribution < 1.29 is 17.9 Å². The van der Waals surface area contributed by atoms with Crippen molar-refractivity contribution in [2.45, 2.75) is 24.8 Å². The molecule has 184 valence electrons. The highest BCUT2D eigenvalue weighted by Crippen LogP contribution is 2.23. The average Bonchev–Trinajstić information content (AvgIpc) is 2.89. The molecule has 0 bridgehead atoms. The van der Waals surface area contributed by atoms with E-state index in [0.717, 1.165) is 22.3 Å². The molecule has 0 heterocycles. The first-order valence-electron chi connectivity index (χ1n) is 11.5. The van der Waals surface area contributed by atoms with Gasteiger partial charge in [0.25, 0.3) is 15.9 Å². The molecule has 0 aliphatic heterocycles. The van der Waals surface area contributed by atoms with Gasteiger partial charge in [-0.2, -0.15) is 0 Å². The first-order chi connectivity index (χ1) is 17.3. The van der Waals surface area contributed by atoms with E-state index in [1.165, 1.54) is 24.3 Å². The SMILES string of the molecule is Cc1ccc(NS(=O)(=O)c2ccc(OCC(=O)NC(c3ccccc3)c3ccccc3)cc2)cc1C. The topological polar surface area (TPSA) is 84.5 Å². The van der Waals surface area contributed by atoms with Gasteiger partial charge in [-0.15, -0.1) is 0 Å². The fraction of sp³-hybridized carbons (Fsp3) is 0.138. The molecule has 0 unspecified atom stereocenters. The highest BCUT2D eigenvalue weighted by Gasteiger charge is 2.18. The second-order valence-electron chi connectivity index (χ2n) is 8.49. The first kappa shape index (κ1) is 25.0. The lowest BCUT2D eigenvalue weighted by molar-refractivity contribution is -0.123. The number of carbonyl (C=O) groups is 1. The van der Waals surface area contributed by atoms with E-state index in [2.05, 4.69) is 10.0 Å². The fourth-order valence-electron chi connectivity index (χ4n) is 3.74. The van der Waals surface area contributed by atoms with Gasteiger partial charge in [-0.1, -0.05) is 66.7 Å². The number of aryl methyl sites for hydroxylation is 2. The van der Waals surface area contributed by atoms with Crippen molar-refractivity contribution in [3.05, 3.63) is 125 Å². The van der Waals surface area contributed by atoms with Gasteiger partial charge >= 0.3 is 0 Å². The normalized spacial score (nSPS) is 11.2. The molecule has 4 aromatic rings. The summed E-state index contributed by atoms with van der Waals surface area (Å²) in [5.74, 6) is 0.104. The molecule has 6 nitrogen and oxygen atoms in total. The third-order valence-electron chi connectivity index (χ3n) is 5.83. The molecule has 0 aliphatic carbocycles. The van der Waals surface area contributed by atoms with Crippen LogP contribution in [0.3, 0.4) is 0 Å². The van der Waals surface area contributed by atoms with Gasteiger partial charge in [0.15, 0.2) is 6.61 Å². The summed E-state index contributed by atoms with van der Waals surface area (Å²) in [6, 6.07) is 30.5. The van der Waals surface area contributed by atoms with Gasteiger partial charge in [-0.3, -0.25) is 9.52 Å². The van der Waals surface area contributed by atoms with Crippen molar-refractivity contribution in [3.8, 4) is 5.75 Å². The summed E-state index contributed by atoms with van der Waals surface area (Å²) in [7, 11) is -3.75. The van der Waals surface area contributed by atoms with E-state index >= 15 is 0 Å². The van der Waals surface area contributed by atoms with Crippen molar-refractivity contribution >= 4 is 21.6 Å². The van der Waals surface area contributed by atoms with Crippen LogP contribution >= 0.6 is 0 Å². The zero-order chi connectivity index (χ0) is 25.5. The van der Waals surface area contributed by atoms with Crippen LogP contribution in [0.5, 0.6) is 5.75 Å². The van der Waals surface area contributed by atoms with Crippen molar-refractivity contribution in [3.63, 3.8) is 0 Å². The van der Waals surface area contributed by atoms with Crippen LogP contribution in [0.15, 0.2) is 108 Å². The number of hydrogen-bond donors (Lipinski definition) is 2. The Morgan fingerprint density at radius 2 is 1.36 bits per heavy atom. The number of benzene rings is 4. The van der Waals surface area contributed by atoms with Crippen LogP contribution in [-0.2, 0) is 14.8 Å². The maximum absolute atomic E-state index is 12.7. The number of nitrogens with one attached hydrogen (secondary N) is 2. The Kier molecular flexibility index (Phi) is 7.71. The highest BCUT2D eigenvalue weighted by atomic mass is 32.2. The summed E-state index contributed by atoms with van der Waals surface area (Å²) >= 11 is 0. The van der Waals surface area contributed by atoms with Crippen LogP contribution in [0, 0.1) is 13.8 Å². The first-order valence-corrected chi connectivity index (χ1v) is 13.0. The molecule has 2 N–H and O–H groups in total. The minimum Gasteiger partial charge on any atom is -0.484 e. The Hall–Kier alpha value is -4.10. The minimum absolute atomic E-state index is 0.103. The van der Waals surface area contributed by atoms with E-state index in [9.17, 15) is 13.2 Å². The summed E-state index contributed by atoms with van der Waals surface area (Å²) in [5, 5.41) is 3.02. The van der Waals surface area contributed by atoms with E-state index in [1.54, 1.807) is 12.1 Å². The van der Waals surface area contributed by atoms with Crippen LogP contribution in [0.25, 0.3) is 0 Å². The Morgan fingerprint density at radius 3 is 1.92 bits per heavy atom. The van der Waals surface area contributed by atoms with Crippen molar-refractivity contribution in [2.24, 2.45) is 0 Å². The molecule has 0 spiro atoms. The molecule has 36 heavy (non-hydrogen) atoms. The lowest BCUT2D eigenvalue weighted by Gasteiger charge is -2.20. The van der Waals surface area contributed by atoms with Gasteiger partial charge < -0.3 is 10.1 Å². The number of ether oxygens (including phenoxy) is 1. The summed E-state index contributed by atoms with van der Waals surface area (Å²) < 4.78 is 33.7. The van der Waals surface area contributed by atoms with Crippen LogP contribution in [0.1, 0.15) is 28.3 Å². The molecule has 4 aromatic carbocycles. The molecule has 0 saturated carbocycles.